The first-order valence-corrected chi connectivity index (χ1v) is 5.64. The van der Waals surface area contributed by atoms with Crippen molar-refractivity contribution in [1.29, 1.82) is 0 Å². The van der Waals surface area contributed by atoms with Crippen molar-refractivity contribution >= 4 is 23.2 Å². The van der Waals surface area contributed by atoms with E-state index in [1.807, 2.05) is 0 Å². The number of carbonyl (C=O) groups excluding carboxylic acids is 1. The van der Waals surface area contributed by atoms with E-state index in [1.165, 1.54) is 18.3 Å². The monoisotopic (exact) mass is 264 g/mol. The molecule has 1 heterocycles. The molecule has 1 aromatic heterocycles. The normalized spacial score (nSPS) is 10.2. The molecule has 92 valence electrons. The molecule has 2 rings (SSSR count). The number of nitrogens with one attached hydrogen (secondary N) is 1. The summed E-state index contributed by atoms with van der Waals surface area (Å²) in [6.45, 7) is 1.77. The molecule has 0 aliphatic heterocycles. The summed E-state index contributed by atoms with van der Waals surface area (Å²) in [6, 6.07) is 7.50. The van der Waals surface area contributed by atoms with Crippen LogP contribution in [0.25, 0.3) is 0 Å². The van der Waals surface area contributed by atoms with Crippen LogP contribution in [0.4, 0.5) is 10.1 Å². The second-order valence-corrected chi connectivity index (χ2v) is 4.15. The van der Waals surface area contributed by atoms with E-state index in [1.54, 1.807) is 25.1 Å². The molecule has 0 unspecified atom stereocenters. The number of hydrogen-bond acceptors (Lipinski definition) is 2. The van der Waals surface area contributed by atoms with E-state index in [-0.39, 0.29) is 16.3 Å². The third-order valence-electron chi connectivity index (χ3n) is 2.36. The predicted molar refractivity (Wildman–Crippen MR) is 68.3 cm³/mol. The summed E-state index contributed by atoms with van der Waals surface area (Å²) in [5, 5.41) is 2.74. The van der Waals surface area contributed by atoms with E-state index in [0.29, 0.717) is 5.69 Å². The average Bonchev–Trinajstić information content (AvgIpc) is 2.32. The second kappa shape index (κ2) is 5.14. The van der Waals surface area contributed by atoms with Gasteiger partial charge in [-0.05, 0) is 25.1 Å². The molecule has 0 atom stereocenters. The summed E-state index contributed by atoms with van der Waals surface area (Å²) in [5.41, 5.74) is 1.03. The lowest BCUT2D eigenvalue weighted by atomic mass is 10.2. The smallest absolute Gasteiger partial charge is 0.258 e. The van der Waals surface area contributed by atoms with Crippen molar-refractivity contribution in [1.82, 2.24) is 4.98 Å². The summed E-state index contributed by atoms with van der Waals surface area (Å²) in [4.78, 5) is 15.9. The number of rotatable bonds is 2. The van der Waals surface area contributed by atoms with Crippen molar-refractivity contribution in [2.45, 2.75) is 6.92 Å². The molecule has 0 radical (unpaired) electrons. The molecule has 0 spiro atoms. The minimum Gasteiger partial charge on any atom is -0.319 e. The quantitative estimate of drug-likeness (QED) is 0.903. The fourth-order valence-corrected chi connectivity index (χ4v) is 1.74. The molecule has 0 aliphatic rings. The van der Waals surface area contributed by atoms with E-state index in [4.69, 9.17) is 11.6 Å². The largest absolute Gasteiger partial charge is 0.319 e. The van der Waals surface area contributed by atoms with Crippen LogP contribution in [0.5, 0.6) is 0 Å². The number of anilines is 1. The number of nitrogens with zero attached hydrogens (tertiary/aromatic N) is 1. The molecule has 18 heavy (non-hydrogen) atoms. The first-order chi connectivity index (χ1) is 8.58. The summed E-state index contributed by atoms with van der Waals surface area (Å²) < 4.78 is 13.4. The predicted octanol–water partition coefficient (Wildman–Crippen LogP) is 3.43. The number of aryl methyl sites for hydroxylation is 1. The van der Waals surface area contributed by atoms with E-state index < -0.39 is 11.7 Å². The van der Waals surface area contributed by atoms with Crippen LogP contribution in [0.2, 0.25) is 5.02 Å². The van der Waals surface area contributed by atoms with Gasteiger partial charge in [-0.15, -0.1) is 0 Å². The fraction of sp³-hybridized carbons (Fsp3) is 0.0769. The van der Waals surface area contributed by atoms with Crippen LogP contribution in [0.1, 0.15) is 16.1 Å². The Bertz CT molecular complexity index is 601. The summed E-state index contributed by atoms with van der Waals surface area (Å²) in [6.07, 6.45) is 1.37. The van der Waals surface area contributed by atoms with Crippen LogP contribution in [-0.4, -0.2) is 10.9 Å². The van der Waals surface area contributed by atoms with Crippen molar-refractivity contribution in [3.63, 3.8) is 0 Å². The van der Waals surface area contributed by atoms with Crippen LogP contribution in [-0.2, 0) is 0 Å². The van der Waals surface area contributed by atoms with Gasteiger partial charge in [-0.3, -0.25) is 9.78 Å². The highest BCUT2D eigenvalue weighted by atomic mass is 35.5. The molecule has 5 heteroatoms. The maximum atomic E-state index is 13.4. The number of halogens is 2. The zero-order valence-corrected chi connectivity index (χ0v) is 10.3. The van der Waals surface area contributed by atoms with Gasteiger partial charge >= 0.3 is 0 Å². The van der Waals surface area contributed by atoms with Crippen LogP contribution in [0, 0.1) is 12.7 Å². The Morgan fingerprint density at radius 3 is 2.78 bits per heavy atom. The molecular weight excluding hydrogens is 255 g/mol. The maximum Gasteiger partial charge on any atom is 0.258 e. The molecule has 0 saturated heterocycles. The van der Waals surface area contributed by atoms with E-state index in [0.717, 1.165) is 0 Å². The summed E-state index contributed by atoms with van der Waals surface area (Å²) >= 11 is 5.94. The topological polar surface area (TPSA) is 42.0 Å². The van der Waals surface area contributed by atoms with Gasteiger partial charge in [0.2, 0.25) is 0 Å². The highest BCUT2D eigenvalue weighted by molar-refractivity contribution is 6.34. The third kappa shape index (κ3) is 2.65. The first kappa shape index (κ1) is 12.5. The molecule has 0 aliphatic carbocycles. The fourth-order valence-electron chi connectivity index (χ4n) is 1.45. The number of amides is 1. The highest BCUT2D eigenvalue weighted by Gasteiger charge is 2.12. The highest BCUT2D eigenvalue weighted by Crippen LogP contribution is 2.19. The third-order valence-corrected chi connectivity index (χ3v) is 2.67. The van der Waals surface area contributed by atoms with Gasteiger partial charge in [-0.1, -0.05) is 23.7 Å². The van der Waals surface area contributed by atoms with Crippen LogP contribution < -0.4 is 5.32 Å². The lowest BCUT2D eigenvalue weighted by molar-refractivity contribution is 0.102. The molecular formula is C13H10ClFN2O. The van der Waals surface area contributed by atoms with E-state index in [2.05, 4.69) is 10.3 Å². The van der Waals surface area contributed by atoms with Crippen molar-refractivity contribution in [3.8, 4) is 0 Å². The van der Waals surface area contributed by atoms with E-state index >= 15 is 0 Å². The van der Waals surface area contributed by atoms with Gasteiger partial charge in [-0.25, -0.2) is 4.39 Å². The van der Waals surface area contributed by atoms with Crippen molar-refractivity contribution in [2.24, 2.45) is 0 Å². The van der Waals surface area contributed by atoms with E-state index in [9.17, 15) is 9.18 Å². The molecule has 3 nitrogen and oxygen atoms in total. The van der Waals surface area contributed by atoms with Gasteiger partial charge in [-0.2, -0.15) is 0 Å². The minimum atomic E-state index is -0.498. The molecule has 1 aromatic carbocycles. The number of benzene rings is 1. The van der Waals surface area contributed by atoms with Gasteiger partial charge in [0.15, 0.2) is 0 Å². The number of para-hydroxylation sites is 1. The Labute approximate surface area is 109 Å². The zero-order chi connectivity index (χ0) is 13.1. The number of carbonyl (C=O) groups is 1. The van der Waals surface area contributed by atoms with Gasteiger partial charge in [0.1, 0.15) is 5.82 Å². The van der Waals surface area contributed by atoms with Crippen LogP contribution >= 0.6 is 11.6 Å². The number of hydrogen-bond donors (Lipinski definition) is 1. The Balaban J connectivity index is 2.25. The Kier molecular flexibility index (Phi) is 3.58. The molecule has 0 fully saturated rings. The number of pyridine rings is 1. The Morgan fingerprint density at radius 1 is 1.39 bits per heavy atom. The standard InChI is InChI=1S/C13H10ClFN2O/c1-8-6-10(14)9(7-16-8)13(18)17-12-5-3-2-4-11(12)15/h2-7H,1H3,(H,17,18). The average molecular weight is 265 g/mol. The van der Waals surface area contributed by atoms with Crippen molar-refractivity contribution in [2.75, 3.05) is 5.32 Å². The summed E-state index contributed by atoms with van der Waals surface area (Å²) in [5.74, 6) is -0.986. The van der Waals surface area contributed by atoms with Gasteiger partial charge < -0.3 is 5.32 Å². The number of aromatic nitrogens is 1. The maximum absolute atomic E-state index is 13.4. The summed E-state index contributed by atoms with van der Waals surface area (Å²) in [7, 11) is 0. The zero-order valence-electron chi connectivity index (χ0n) is 9.58. The van der Waals surface area contributed by atoms with Crippen LogP contribution in [0.3, 0.4) is 0 Å². The Morgan fingerprint density at radius 2 is 2.11 bits per heavy atom. The lowest BCUT2D eigenvalue weighted by Gasteiger charge is -2.07. The van der Waals surface area contributed by atoms with Crippen molar-refractivity contribution in [3.05, 3.63) is 58.6 Å². The molecule has 0 saturated carbocycles. The first-order valence-electron chi connectivity index (χ1n) is 5.26. The van der Waals surface area contributed by atoms with Gasteiger partial charge in [0, 0.05) is 11.9 Å². The molecule has 0 bridgehead atoms. The molecule has 1 N–H and O–H groups in total. The van der Waals surface area contributed by atoms with Crippen LogP contribution in [0.15, 0.2) is 36.5 Å². The van der Waals surface area contributed by atoms with Crippen molar-refractivity contribution < 1.29 is 9.18 Å². The van der Waals surface area contributed by atoms with Gasteiger partial charge in [0.25, 0.3) is 5.91 Å². The van der Waals surface area contributed by atoms with Gasteiger partial charge in [0.05, 0.1) is 16.3 Å². The Hall–Kier alpha value is -1.94. The molecule has 2 aromatic rings. The lowest BCUT2D eigenvalue weighted by Crippen LogP contribution is -2.14. The second-order valence-electron chi connectivity index (χ2n) is 3.74. The molecule has 1 amide bonds. The SMILES string of the molecule is Cc1cc(Cl)c(C(=O)Nc2ccccc2F)cn1. The minimum absolute atomic E-state index is 0.110.